The number of ether oxygens (including phenoxy) is 1. The second-order valence-electron chi connectivity index (χ2n) is 4.87. The average molecular weight is 278 g/mol. The molecule has 1 aromatic rings. The highest BCUT2D eigenvalue weighted by molar-refractivity contribution is 5.80. The fraction of sp³-hybridized carbons (Fsp3) is 0.562. The average Bonchev–Trinajstić information content (AvgIpc) is 2.45. The van der Waals surface area contributed by atoms with Crippen molar-refractivity contribution < 1.29 is 9.53 Å². The topological polar surface area (TPSA) is 50.4 Å². The first-order chi connectivity index (χ1) is 9.60. The zero-order valence-electron chi connectivity index (χ0n) is 12.9. The van der Waals surface area contributed by atoms with Crippen LogP contribution in [0.25, 0.3) is 0 Å². The summed E-state index contributed by atoms with van der Waals surface area (Å²) >= 11 is 0. The minimum Gasteiger partial charge on any atom is -0.481 e. The smallest absolute Gasteiger partial charge is 0.260 e. The number of carbonyl (C=O) groups excluding carboxylic acids is 1. The van der Waals surface area contributed by atoms with Gasteiger partial charge in [0.15, 0.2) is 6.10 Å². The lowest BCUT2D eigenvalue weighted by Gasteiger charge is -2.20. The van der Waals surface area contributed by atoms with E-state index in [0.717, 1.165) is 24.3 Å². The number of nitrogens with one attached hydrogen (secondary N) is 2. The predicted octanol–water partition coefficient (Wildman–Crippen LogP) is 2.65. The Bertz CT molecular complexity index is 421. The lowest BCUT2D eigenvalue weighted by atomic mass is 10.1. The highest BCUT2D eigenvalue weighted by Gasteiger charge is 2.17. The summed E-state index contributed by atoms with van der Waals surface area (Å²) in [6.45, 7) is 9.49. The third kappa shape index (κ3) is 4.85. The van der Waals surface area contributed by atoms with Crippen LogP contribution in [-0.2, 0) is 4.79 Å². The molecule has 0 spiro atoms. The van der Waals surface area contributed by atoms with Crippen LogP contribution in [-0.4, -0.2) is 25.1 Å². The molecule has 2 atom stereocenters. The first kappa shape index (κ1) is 16.5. The van der Waals surface area contributed by atoms with Crippen molar-refractivity contribution in [2.75, 3.05) is 13.1 Å². The highest BCUT2D eigenvalue weighted by Crippen LogP contribution is 2.25. The van der Waals surface area contributed by atoms with Crippen LogP contribution in [0.3, 0.4) is 0 Å². The molecular weight excluding hydrogens is 252 g/mol. The molecule has 0 aliphatic heterocycles. The number of carbonyl (C=O) groups is 1. The normalized spacial score (nSPS) is 13.6. The van der Waals surface area contributed by atoms with E-state index in [1.54, 1.807) is 6.92 Å². The Morgan fingerprint density at radius 2 is 1.95 bits per heavy atom. The number of rotatable bonds is 8. The van der Waals surface area contributed by atoms with E-state index in [1.165, 1.54) is 0 Å². The summed E-state index contributed by atoms with van der Waals surface area (Å²) in [5.41, 5.74) is 1.08. The van der Waals surface area contributed by atoms with Crippen molar-refractivity contribution in [3.63, 3.8) is 0 Å². The Balaban J connectivity index is 2.77. The maximum Gasteiger partial charge on any atom is 0.260 e. The quantitative estimate of drug-likeness (QED) is 0.768. The van der Waals surface area contributed by atoms with Crippen molar-refractivity contribution in [2.45, 2.75) is 46.3 Å². The third-order valence-electron chi connectivity index (χ3n) is 3.11. The van der Waals surface area contributed by atoms with Gasteiger partial charge in [0.2, 0.25) is 0 Å². The molecule has 20 heavy (non-hydrogen) atoms. The number of likely N-dealkylation sites (N-methyl/N-ethyl adjacent to an activating group) is 1. The van der Waals surface area contributed by atoms with Crippen molar-refractivity contribution in [1.82, 2.24) is 10.6 Å². The molecule has 0 fully saturated rings. The molecular formula is C16H26N2O2. The molecule has 0 saturated carbocycles. The molecule has 0 bridgehead atoms. The van der Waals surface area contributed by atoms with E-state index >= 15 is 0 Å². The van der Waals surface area contributed by atoms with E-state index in [9.17, 15) is 4.79 Å². The predicted molar refractivity (Wildman–Crippen MR) is 81.9 cm³/mol. The molecule has 0 aromatic heterocycles. The second-order valence-corrected chi connectivity index (χ2v) is 4.87. The highest BCUT2D eigenvalue weighted by atomic mass is 16.5. The largest absolute Gasteiger partial charge is 0.481 e. The molecule has 4 nitrogen and oxygen atoms in total. The van der Waals surface area contributed by atoms with Gasteiger partial charge in [-0.05, 0) is 39.8 Å². The van der Waals surface area contributed by atoms with Gasteiger partial charge in [-0.25, -0.2) is 0 Å². The van der Waals surface area contributed by atoms with Crippen LogP contribution in [0.15, 0.2) is 24.3 Å². The zero-order chi connectivity index (χ0) is 15.0. The minimum absolute atomic E-state index is 0.0866. The van der Waals surface area contributed by atoms with Gasteiger partial charge < -0.3 is 15.4 Å². The van der Waals surface area contributed by atoms with E-state index in [4.69, 9.17) is 4.74 Å². The number of hydrogen-bond acceptors (Lipinski definition) is 3. The van der Waals surface area contributed by atoms with Crippen LogP contribution >= 0.6 is 0 Å². The summed E-state index contributed by atoms with van der Waals surface area (Å²) in [6, 6.07) is 8.06. The van der Waals surface area contributed by atoms with Gasteiger partial charge in [0.05, 0.1) is 0 Å². The van der Waals surface area contributed by atoms with Gasteiger partial charge in [-0.1, -0.05) is 25.1 Å². The van der Waals surface area contributed by atoms with Gasteiger partial charge in [0, 0.05) is 18.2 Å². The Morgan fingerprint density at radius 3 is 2.60 bits per heavy atom. The molecule has 0 heterocycles. The molecule has 0 aliphatic carbocycles. The summed E-state index contributed by atoms with van der Waals surface area (Å²) in [4.78, 5) is 11.7. The maximum atomic E-state index is 11.7. The number of benzene rings is 1. The second kappa shape index (κ2) is 8.59. The first-order valence-electron chi connectivity index (χ1n) is 7.36. The number of hydrogen-bond donors (Lipinski definition) is 2. The molecule has 0 saturated heterocycles. The Labute approximate surface area is 121 Å². The van der Waals surface area contributed by atoms with E-state index < -0.39 is 6.10 Å². The lowest BCUT2D eigenvalue weighted by molar-refractivity contribution is -0.127. The van der Waals surface area contributed by atoms with E-state index in [0.29, 0.717) is 6.54 Å². The molecule has 4 heteroatoms. The van der Waals surface area contributed by atoms with Crippen LogP contribution in [0.2, 0.25) is 0 Å². The summed E-state index contributed by atoms with van der Waals surface area (Å²) in [7, 11) is 0. The molecule has 1 amide bonds. The van der Waals surface area contributed by atoms with Gasteiger partial charge >= 0.3 is 0 Å². The number of amides is 1. The Morgan fingerprint density at radius 1 is 1.25 bits per heavy atom. The molecule has 1 aromatic carbocycles. The summed E-state index contributed by atoms with van der Waals surface area (Å²) in [5, 5.41) is 6.21. The van der Waals surface area contributed by atoms with Crippen LogP contribution in [0.1, 0.15) is 45.7 Å². The van der Waals surface area contributed by atoms with Crippen molar-refractivity contribution >= 4 is 5.91 Å². The zero-order valence-corrected chi connectivity index (χ0v) is 12.9. The van der Waals surface area contributed by atoms with E-state index in [1.807, 2.05) is 31.2 Å². The molecule has 2 N–H and O–H groups in total. The van der Waals surface area contributed by atoms with Gasteiger partial charge in [0.25, 0.3) is 5.91 Å². The van der Waals surface area contributed by atoms with Crippen molar-refractivity contribution in [3.05, 3.63) is 29.8 Å². The van der Waals surface area contributed by atoms with Crippen molar-refractivity contribution in [2.24, 2.45) is 0 Å². The SMILES string of the molecule is CCCNC(C)c1ccccc1OC(C)C(=O)NCC. The van der Waals surface area contributed by atoms with Crippen LogP contribution in [0, 0.1) is 0 Å². The summed E-state index contributed by atoms with van der Waals surface area (Å²) < 4.78 is 5.81. The first-order valence-corrected chi connectivity index (χ1v) is 7.36. The molecule has 0 radical (unpaired) electrons. The summed E-state index contributed by atoms with van der Waals surface area (Å²) in [6.07, 6.45) is 0.595. The standard InChI is InChI=1S/C16H26N2O2/c1-5-11-18-12(3)14-9-7-8-10-15(14)20-13(4)16(19)17-6-2/h7-10,12-13,18H,5-6,11H2,1-4H3,(H,17,19). The van der Waals surface area contributed by atoms with Crippen LogP contribution in [0.5, 0.6) is 5.75 Å². The maximum absolute atomic E-state index is 11.7. The van der Waals surface area contributed by atoms with E-state index in [-0.39, 0.29) is 11.9 Å². The fourth-order valence-corrected chi connectivity index (χ4v) is 1.98. The monoisotopic (exact) mass is 278 g/mol. The fourth-order valence-electron chi connectivity index (χ4n) is 1.98. The molecule has 1 rings (SSSR count). The van der Waals surface area contributed by atoms with Gasteiger partial charge in [-0.15, -0.1) is 0 Å². The van der Waals surface area contributed by atoms with Crippen molar-refractivity contribution in [1.29, 1.82) is 0 Å². The van der Waals surface area contributed by atoms with Crippen LogP contribution in [0.4, 0.5) is 0 Å². The molecule has 112 valence electrons. The number of para-hydroxylation sites is 1. The van der Waals surface area contributed by atoms with Crippen molar-refractivity contribution in [3.8, 4) is 5.75 Å². The van der Waals surface area contributed by atoms with Gasteiger partial charge in [0.1, 0.15) is 5.75 Å². The van der Waals surface area contributed by atoms with Crippen LogP contribution < -0.4 is 15.4 Å². The van der Waals surface area contributed by atoms with Gasteiger partial charge in [-0.2, -0.15) is 0 Å². The molecule has 0 aliphatic rings. The summed E-state index contributed by atoms with van der Waals surface area (Å²) in [5.74, 6) is 0.679. The minimum atomic E-state index is -0.491. The van der Waals surface area contributed by atoms with Gasteiger partial charge in [-0.3, -0.25) is 4.79 Å². The Kier molecular flexibility index (Phi) is 7.09. The lowest BCUT2D eigenvalue weighted by Crippen LogP contribution is -2.36. The Hall–Kier alpha value is -1.55. The molecule has 2 unspecified atom stereocenters. The van der Waals surface area contributed by atoms with E-state index in [2.05, 4.69) is 24.5 Å². The third-order valence-corrected chi connectivity index (χ3v) is 3.11.